The molecule has 0 aliphatic rings. The summed E-state index contributed by atoms with van der Waals surface area (Å²) in [6.07, 6.45) is 0.599. The number of aryl methyl sites for hydroxylation is 2. The van der Waals surface area contributed by atoms with Gasteiger partial charge in [0.05, 0.1) is 23.4 Å². The molecule has 1 heterocycles. The molecule has 2 aromatic carbocycles. The fourth-order valence-electron chi connectivity index (χ4n) is 3.50. The molecular weight excluding hydrogens is 392 g/mol. The lowest BCUT2D eigenvalue weighted by Gasteiger charge is -2.18. The first-order valence-electron chi connectivity index (χ1n) is 10.5. The van der Waals surface area contributed by atoms with Gasteiger partial charge in [-0.2, -0.15) is 0 Å². The highest BCUT2D eigenvalue weighted by atomic mass is 16.5. The number of fused-ring (bicyclic) bond motifs is 1. The topological polar surface area (TPSA) is 68.7 Å². The number of pyridine rings is 1. The van der Waals surface area contributed by atoms with Crippen LogP contribution < -0.4 is 4.74 Å². The zero-order valence-electron chi connectivity index (χ0n) is 18.5. The molecule has 3 rings (SSSR count). The maximum atomic E-state index is 12.8. The van der Waals surface area contributed by atoms with E-state index in [0.29, 0.717) is 30.8 Å². The summed E-state index contributed by atoms with van der Waals surface area (Å²) in [4.78, 5) is 31.5. The number of carbonyl (C=O) groups is 2. The summed E-state index contributed by atoms with van der Waals surface area (Å²) in [6, 6.07) is 15.3. The van der Waals surface area contributed by atoms with Crippen molar-refractivity contribution in [2.45, 2.75) is 33.7 Å². The predicted molar refractivity (Wildman–Crippen MR) is 120 cm³/mol. The summed E-state index contributed by atoms with van der Waals surface area (Å²) in [5.74, 6) is 0.00218. The number of benzene rings is 2. The van der Waals surface area contributed by atoms with Crippen LogP contribution in [0.25, 0.3) is 10.9 Å². The van der Waals surface area contributed by atoms with Gasteiger partial charge in [-0.15, -0.1) is 0 Å². The first-order chi connectivity index (χ1) is 14.9. The molecule has 3 aromatic rings. The number of carbonyl (C=O) groups excluding carboxylic acids is 2. The van der Waals surface area contributed by atoms with Crippen molar-refractivity contribution in [3.63, 3.8) is 0 Å². The molecule has 0 fully saturated rings. The number of nitrogens with zero attached hydrogens (tertiary/aromatic N) is 2. The SMILES string of the molecule is CCOc1ccc(CN(C)C(=O)COC(=O)c2c(CC)nc3ccccc3c2C)cc1. The molecule has 6 heteroatoms. The normalized spacial score (nSPS) is 10.7. The Balaban J connectivity index is 1.66. The van der Waals surface area contributed by atoms with E-state index in [-0.39, 0.29) is 12.5 Å². The van der Waals surface area contributed by atoms with Crippen LogP contribution in [0, 0.1) is 6.92 Å². The van der Waals surface area contributed by atoms with Crippen LogP contribution in [0.5, 0.6) is 5.75 Å². The molecule has 0 bridgehead atoms. The molecule has 0 atom stereocenters. The summed E-state index contributed by atoms with van der Waals surface area (Å²) in [6.45, 7) is 6.47. The summed E-state index contributed by atoms with van der Waals surface area (Å²) in [5, 5.41) is 0.908. The Morgan fingerprint density at radius 2 is 1.74 bits per heavy atom. The maximum absolute atomic E-state index is 12.8. The molecule has 0 N–H and O–H groups in total. The standard InChI is InChI=1S/C25H28N2O4/c1-5-21-24(17(3)20-9-7-8-10-22(20)26-21)25(29)31-16-23(28)27(4)15-18-11-13-19(14-12-18)30-6-2/h7-14H,5-6,15-16H2,1-4H3. The highest BCUT2D eigenvalue weighted by Crippen LogP contribution is 2.24. The minimum absolute atomic E-state index is 0.272. The van der Waals surface area contributed by atoms with Crippen molar-refractivity contribution in [2.75, 3.05) is 20.3 Å². The second kappa shape index (κ2) is 10.1. The third kappa shape index (κ3) is 5.20. The average Bonchev–Trinajstić information content (AvgIpc) is 2.78. The number of rotatable bonds is 8. The molecule has 0 saturated heterocycles. The minimum Gasteiger partial charge on any atom is -0.494 e. The summed E-state index contributed by atoms with van der Waals surface area (Å²) < 4.78 is 10.8. The molecule has 0 spiro atoms. The molecule has 0 aliphatic carbocycles. The van der Waals surface area contributed by atoms with Crippen LogP contribution in [0.15, 0.2) is 48.5 Å². The number of hydrogen-bond acceptors (Lipinski definition) is 5. The molecule has 6 nitrogen and oxygen atoms in total. The van der Waals surface area contributed by atoms with Gasteiger partial charge < -0.3 is 14.4 Å². The highest BCUT2D eigenvalue weighted by molar-refractivity contribution is 5.99. The lowest BCUT2D eigenvalue weighted by atomic mass is 10.0. The molecule has 31 heavy (non-hydrogen) atoms. The van der Waals surface area contributed by atoms with E-state index in [9.17, 15) is 9.59 Å². The number of amides is 1. The van der Waals surface area contributed by atoms with Crippen molar-refractivity contribution in [3.8, 4) is 5.75 Å². The zero-order valence-corrected chi connectivity index (χ0v) is 18.5. The van der Waals surface area contributed by atoms with Crippen LogP contribution in [0.3, 0.4) is 0 Å². The fraction of sp³-hybridized carbons (Fsp3) is 0.320. The number of likely N-dealkylation sites (N-methyl/N-ethyl adjacent to an activating group) is 1. The van der Waals surface area contributed by atoms with Gasteiger partial charge in [0.15, 0.2) is 6.61 Å². The second-order valence-electron chi connectivity index (χ2n) is 7.33. The lowest BCUT2D eigenvalue weighted by molar-refractivity contribution is -0.133. The minimum atomic E-state index is -0.518. The Hall–Kier alpha value is -3.41. The molecule has 162 valence electrons. The van der Waals surface area contributed by atoms with Crippen molar-refractivity contribution in [3.05, 3.63) is 70.9 Å². The Morgan fingerprint density at radius 3 is 2.42 bits per heavy atom. The largest absolute Gasteiger partial charge is 0.494 e. The first-order valence-corrected chi connectivity index (χ1v) is 10.5. The summed E-state index contributed by atoms with van der Waals surface area (Å²) >= 11 is 0. The lowest BCUT2D eigenvalue weighted by Crippen LogP contribution is -2.31. The Kier molecular flexibility index (Phi) is 7.23. The molecule has 0 unspecified atom stereocenters. The smallest absolute Gasteiger partial charge is 0.340 e. The van der Waals surface area contributed by atoms with Gasteiger partial charge in [-0.3, -0.25) is 9.78 Å². The molecule has 0 aliphatic heterocycles. The molecule has 1 amide bonds. The van der Waals surface area contributed by atoms with Crippen molar-refractivity contribution in [2.24, 2.45) is 0 Å². The summed E-state index contributed by atoms with van der Waals surface area (Å²) in [7, 11) is 1.69. The number of para-hydroxylation sites is 1. The Labute approximate surface area is 182 Å². The third-order valence-electron chi connectivity index (χ3n) is 5.17. The van der Waals surface area contributed by atoms with E-state index < -0.39 is 5.97 Å². The van der Waals surface area contributed by atoms with Crippen LogP contribution >= 0.6 is 0 Å². The van der Waals surface area contributed by atoms with Crippen molar-refractivity contribution in [1.82, 2.24) is 9.88 Å². The van der Waals surface area contributed by atoms with E-state index >= 15 is 0 Å². The van der Waals surface area contributed by atoms with E-state index in [0.717, 1.165) is 27.8 Å². The van der Waals surface area contributed by atoms with Crippen LogP contribution in [0.2, 0.25) is 0 Å². The third-order valence-corrected chi connectivity index (χ3v) is 5.17. The van der Waals surface area contributed by atoms with Gasteiger partial charge in [0, 0.05) is 19.0 Å². The van der Waals surface area contributed by atoms with Gasteiger partial charge in [-0.1, -0.05) is 37.3 Å². The van der Waals surface area contributed by atoms with E-state index in [2.05, 4.69) is 4.98 Å². The Morgan fingerprint density at radius 1 is 1.03 bits per heavy atom. The van der Waals surface area contributed by atoms with Gasteiger partial charge in [-0.05, 0) is 49.6 Å². The van der Waals surface area contributed by atoms with E-state index in [1.165, 1.54) is 4.90 Å². The molecular formula is C25H28N2O4. The molecule has 0 saturated carbocycles. The monoisotopic (exact) mass is 420 g/mol. The van der Waals surface area contributed by atoms with Crippen molar-refractivity contribution < 1.29 is 19.1 Å². The number of ether oxygens (including phenoxy) is 2. The van der Waals surface area contributed by atoms with Crippen LogP contribution in [-0.2, 0) is 22.5 Å². The quantitative estimate of drug-likeness (QED) is 0.508. The van der Waals surface area contributed by atoms with Crippen LogP contribution in [0.4, 0.5) is 0 Å². The average molecular weight is 421 g/mol. The maximum Gasteiger partial charge on any atom is 0.340 e. The van der Waals surface area contributed by atoms with Crippen LogP contribution in [-0.4, -0.2) is 42.0 Å². The van der Waals surface area contributed by atoms with Gasteiger partial charge >= 0.3 is 5.97 Å². The number of aromatic nitrogens is 1. The van der Waals surface area contributed by atoms with E-state index in [4.69, 9.17) is 9.47 Å². The summed E-state index contributed by atoms with van der Waals surface area (Å²) in [5.41, 5.74) is 3.76. The van der Waals surface area contributed by atoms with Gasteiger partial charge in [0.2, 0.25) is 0 Å². The van der Waals surface area contributed by atoms with E-state index in [1.54, 1.807) is 7.05 Å². The Bertz CT molecular complexity index is 1080. The molecule has 0 radical (unpaired) electrons. The van der Waals surface area contributed by atoms with Gasteiger partial charge in [0.1, 0.15) is 5.75 Å². The number of hydrogen-bond donors (Lipinski definition) is 0. The van der Waals surface area contributed by atoms with Gasteiger partial charge in [-0.25, -0.2) is 4.79 Å². The number of esters is 1. The van der Waals surface area contributed by atoms with Gasteiger partial charge in [0.25, 0.3) is 5.91 Å². The highest BCUT2D eigenvalue weighted by Gasteiger charge is 2.21. The van der Waals surface area contributed by atoms with E-state index in [1.807, 2.05) is 69.3 Å². The van der Waals surface area contributed by atoms with Crippen LogP contribution in [0.1, 0.15) is 41.0 Å². The second-order valence-corrected chi connectivity index (χ2v) is 7.33. The molecule has 1 aromatic heterocycles. The predicted octanol–water partition coefficient (Wildman–Crippen LogP) is 4.32. The first kappa shape index (κ1) is 22.3. The zero-order chi connectivity index (χ0) is 22.4. The fourth-order valence-corrected chi connectivity index (χ4v) is 3.50. The van der Waals surface area contributed by atoms with Crippen molar-refractivity contribution >= 4 is 22.8 Å². The van der Waals surface area contributed by atoms with Crippen molar-refractivity contribution in [1.29, 1.82) is 0 Å².